The SMILES string of the molecule is C[C@@H](CC1CCCC1)NCc1ccccc1NS(=O)(=O)c1ccc(-n2ccnc2)cc1. The third kappa shape index (κ3) is 5.54. The number of rotatable bonds is 9. The first kappa shape index (κ1) is 21.6. The number of para-hydroxylation sites is 1. The Morgan fingerprint density at radius 3 is 2.55 bits per heavy atom. The van der Waals surface area contributed by atoms with Crippen LogP contribution < -0.4 is 10.0 Å². The maximum Gasteiger partial charge on any atom is 0.261 e. The number of nitrogens with one attached hydrogen (secondary N) is 2. The fraction of sp³-hybridized carbons (Fsp3) is 0.375. The smallest absolute Gasteiger partial charge is 0.261 e. The topological polar surface area (TPSA) is 76.0 Å². The molecule has 7 heteroatoms. The molecule has 1 heterocycles. The number of anilines is 1. The quantitative estimate of drug-likeness (QED) is 0.506. The molecule has 164 valence electrons. The van der Waals surface area contributed by atoms with Crippen LogP contribution in [0.2, 0.25) is 0 Å². The van der Waals surface area contributed by atoms with Crippen molar-refractivity contribution in [3.05, 3.63) is 72.8 Å². The Labute approximate surface area is 184 Å². The summed E-state index contributed by atoms with van der Waals surface area (Å²) in [4.78, 5) is 4.25. The Kier molecular flexibility index (Phi) is 6.73. The first-order chi connectivity index (χ1) is 15.0. The maximum atomic E-state index is 13.0. The molecule has 1 fully saturated rings. The van der Waals surface area contributed by atoms with Crippen LogP contribution in [0.15, 0.2) is 72.1 Å². The van der Waals surface area contributed by atoms with Gasteiger partial charge in [0.15, 0.2) is 0 Å². The van der Waals surface area contributed by atoms with Gasteiger partial charge in [0.05, 0.1) is 16.9 Å². The fourth-order valence-electron chi connectivity index (χ4n) is 4.30. The third-order valence-electron chi connectivity index (χ3n) is 6.01. The second-order valence-electron chi connectivity index (χ2n) is 8.39. The zero-order valence-electron chi connectivity index (χ0n) is 17.9. The van der Waals surface area contributed by atoms with Gasteiger partial charge in [-0.3, -0.25) is 4.72 Å². The van der Waals surface area contributed by atoms with Gasteiger partial charge < -0.3 is 9.88 Å². The van der Waals surface area contributed by atoms with E-state index in [0.717, 1.165) is 17.2 Å². The van der Waals surface area contributed by atoms with Crippen LogP contribution in [0, 0.1) is 5.92 Å². The summed E-state index contributed by atoms with van der Waals surface area (Å²) in [6.45, 7) is 2.85. The van der Waals surface area contributed by atoms with Gasteiger partial charge in [-0.25, -0.2) is 13.4 Å². The van der Waals surface area contributed by atoms with Crippen LogP contribution >= 0.6 is 0 Å². The molecule has 4 rings (SSSR count). The standard InChI is InChI=1S/C24H30N4O2S/c1-19(16-20-6-2-3-7-20)26-17-21-8-4-5-9-24(21)27-31(29,30)23-12-10-22(11-13-23)28-15-14-25-18-28/h4-5,8-15,18-20,26-27H,2-3,6-7,16-17H2,1H3/t19-/m0/s1. The predicted molar refractivity (Wildman–Crippen MR) is 124 cm³/mol. The number of hydrogen-bond acceptors (Lipinski definition) is 4. The van der Waals surface area contributed by atoms with Crippen LogP contribution in [0.5, 0.6) is 0 Å². The van der Waals surface area contributed by atoms with Gasteiger partial charge >= 0.3 is 0 Å². The molecule has 0 bridgehead atoms. The van der Waals surface area contributed by atoms with Crippen molar-refractivity contribution in [2.45, 2.75) is 56.5 Å². The van der Waals surface area contributed by atoms with E-state index in [1.54, 1.807) is 36.8 Å². The molecule has 1 atom stereocenters. The molecule has 0 spiro atoms. The van der Waals surface area contributed by atoms with E-state index in [9.17, 15) is 8.42 Å². The van der Waals surface area contributed by atoms with Crippen molar-refractivity contribution < 1.29 is 8.42 Å². The lowest BCUT2D eigenvalue weighted by Gasteiger charge is -2.19. The number of aromatic nitrogens is 2. The lowest BCUT2D eigenvalue weighted by molar-refractivity contribution is 0.404. The van der Waals surface area contributed by atoms with Crippen LogP contribution in [0.1, 0.15) is 44.6 Å². The van der Waals surface area contributed by atoms with Gasteiger partial charge in [0.1, 0.15) is 0 Å². The van der Waals surface area contributed by atoms with E-state index in [0.29, 0.717) is 18.3 Å². The molecule has 2 aromatic carbocycles. The van der Waals surface area contributed by atoms with Crippen molar-refractivity contribution in [3.8, 4) is 5.69 Å². The lowest BCUT2D eigenvalue weighted by Crippen LogP contribution is -2.28. The largest absolute Gasteiger partial charge is 0.310 e. The minimum Gasteiger partial charge on any atom is -0.310 e. The first-order valence-corrected chi connectivity index (χ1v) is 12.4. The molecule has 0 radical (unpaired) electrons. The highest BCUT2D eigenvalue weighted by atomic mass is 32.2. The third-order valence-corrected chi connectivity index (χ3v) is 7.40. The average Bonchev–Trinajstić information content (AvgIpc) is 3.47. The van der Waals surface area contributed by atoms with Gasteiger partial charge in [-0.15, -0.1) is 0 Å². The summed E-state index contributed by atoms with van der Waals surface area (Å²) in [5.41, 5.74) is 2.42. The number of sulfonamides is 1. The summed E-state index contributed by atoms with van der Waals surface area (Å²) in [5, 5.41) is 3.57. The minimum atomic E-state index is -3.68. The summed E-state index contributed by atoms with van der Waals surface area (Å²) in [6.07, 6.45) is 11.7. The summed E-state index contributed by atoms with van der Waals surface area (Å²) in [7, 11) is -3.68. The van der Waals surface area contributed by atoms with E-state index in [1.807, 2.05) is 35.0 Å². The number of nitrogens with zero attached hydrogens (tertiary/aromatic N) is 2. The Hall–Kier alpha value is -2.64. The minimum absolute atomic E-state index is 0.230. The van der Waals surface area contributed by atoms with Crippen molar-refractivity contribution in [1.29, 1.82) is 0 Å². The molecular weight excluding hydrogens is 408 g/mol. The molecule has 2 N–H and O–H groups in total. The highest BCUT2D eigenvalue weighted by Gasteiger charge is 2.19. The van der Waals surface area contributed by atoms with Gasteiger partial charge in [-0.1, -0.05) is 43.9 Å². The van der Waals surface area contributed by atoms with E-state index in [-0.39, 0.29) is 4.90 Å². The lowest BCUT2D eigenvalue weighted by atomic mass is 9.99. The van der Waals surface area contributed by atoms with Crippen molar-refractivity contribution >= 4 is 15.7 Å². The normalized spacial score (nSPS) is 15.8. The maximum absolute atomic E-state index is 13.0. The number of imidazole rings is 1. The molecule has 1 aliphatic carbocycles. The van der Waals surface area contributed by atoms with Gasteiger partial charge in [-0.2, -0.15) is 0 Å². The zero-order chi connectivity index (χ0) is 21.7. The fourth-order valence-corrected chi connectivity index (χ4v) is 5.40. The van der Waals surface area contributed by atoms with E-state index in [2.05, 4.69) is 21.9 Å². The molecule has 1 saturated carbocycles. The molecule has 1 aromatic heterocycles. The Bertz CT molecular complexity index is 1070. The molecule has 1 aliphatic rings. The van der Waals surface area contributed by atoms with Crippen molar-refractivity contribution in [3.63, 3.8) is 0 Å². The molecule has 0 amide bonds. The second-order valence-corrected chi connectivity index (χ2v) is 10.1. The van der Waals surface area contributed by atoms with Gasteiger partial charge in [0.2, 0.25) is 0 Å². The number of hydrogen-bond donors (Lipinski definition) is 2. The summed E-state index contributed by atoms with van der Waals surface area (Å²) >= 11 is 0. The Morgan fingerprint density at radius 1 is 1.10 bits per heavy atom. The highest BCUT2D eigenvalue weighted by Crippen LogP contribution is 2.28. The van der Waals surface area contributed by atoms with Crippen LogP contribution in [0.25, 0.3) is 5.69 Å². The highest BCUT2D eigenvalue weighted by molar-refractivity contribution is 7.92. The summed E-state index contributed by atoms with van der Waals surface area (Å²) < 4.78 is 30.5. The second kappa shape index (κ2) is 9.66. The van der Waals surface area contributed by atoms with Crippen molar-refractivity contribution in [2.75, 3.05) is 4.72 Å². The summed E-state index contributed by atoms with van der Waals surface area (Å²) in [5.74, 6) is 0.821. The van der Waals surface area contributed by atoms with Crippen molar-refractivity contribution in [2.24, 2.45) is 5.92 Å². The van der Waals surface area contributed by atoms with E-state index >= 15 is 0 Å². The predicted octanol–water partition coefficient (Wildman–Crippen LogP) is 4.73. The number of benzene rings is 2. The Morgan fingerprint density at radius 2 is 1.84 bits per heavy atom. The van der Waals surface area contributed by atoms with E-state index < -0.39 is 10.0 Å². The zero-order valence-corrected chi connectivity index (χ0v) is 18.7. The molecule has 0 unspecified atom stereocenters. The van der Waals surface area contributed by atoms with Gasteiger partial charge in [0, 0.05) is 30.7 Å². The first-order valence-electron chi connectivity index (χ1n) is 10.9. The van der Waals surface area contributed by atoms with E-state index in [1.165, 1.54) is 32.1 Å². The monoisotopic (exact) mass is 438 g/mol. The Balaban J connectivity index is 1.42. The van der Waals surface area contributed by atoms with Crippen LogP contribution in [0.4, 0.5) is 5.69 Å². The van der Waals surface area contributed by atoms with Crippen molar-refractivity contribution in [1.82, 2.24) is 14.9 Å². The van der Waals surface area contributed by atoms with Gasteiger partial charge in [0.25, 0.3) is 10.0 Å². The van der Waals surface area contributed by atoms with Crippen LogP contribution in [-0.2, 0) is 16.6 Å². The average molecular weight is 439 g/mol. The van der Waals surface area contributed by atoms with Crippen LogP contribution in [-0.4, -0.2) is 24.0 Å². The van der Waals surface area contributed by atoms with E-state index in [4.69, 9.17) is 0 Å². The molecule has 0 saturated heterocycles. The molecule has 0 aliphatic heterocycles. The molecule has 6 nitrogen and oxygen atoms in total. The van der Waals surface area contributed by atoms with Crippen LogP contribution in [0.3, 0.4) is 0 Å². The van der Waals surface area contributed by atoms with Gasteiger partial charge in [-0.05, 0) is 55.2 Å². The molecule has 3 aromatic rings. The molecular formula is C24H30N4O2S. The summed E-state index contributed by atoms with van der Waals surface area (Å²) in [6, 6.07) is 14.8. The molecule has 31 heavy (non-hydrogen) atoms.